The first-order valence-electron chi connectivity index (χ1n) is 9.11. The van der Waals surface area contributed by atoms with Crippen LogP contribution in [0, 0.1) is 5.41 Å². The highest BCUT2D eigenvalue weighted by molar-refractivity contribution is 6.01. The van der Waals surface area contributed by atoms with Gasteiger partial charge < -0.3 is 10.6 Å². The molecule has 0 spiro atoms. The summed E-state index contributed by atoms with van der Waals surface area (Å²) in [4.78, 5) is 13.1. The third-order valence-corrected chi connectivity index (χ3v) is 5.35. The van der Waals surface area contributed by atoms with E-state index in [2.05, 4.69) is 65.1 Å². The Bertz CT molecular complexity index is 1100. The van der Waals surface area contributed by atoms with Gasteiger partial charge in [0.05, 0.1) is 6.04 Å². The van der Waals surface area contributed by atoms with Gasteiger partial charge in [-0.25, -0.2) is 4.63 Å². The third kappa shape index (κ3) is 2.68. The van der Waals surface area contributed by atoms with Gasteiger partial charge in [0, 0.05) is 17.7 Å². The number of carbonyl (C=O) groups excluding carboxylic acids is 1. The Labute approximate surface area is 156 Å². The van der Waals surface area contributed by atoms with Crippen molar-refractivity contribution in [1.29, 1.82) is 0 Å². The molecule has 2 heterocycles. The Morgan fingerprint density at radius 3 is 2.67 bits per heavy atom. The van der Waals surface area contributed by atoms with Crippen molar-refractivity contribution < 1.29 is 9.42 Å². The first kappa shape index (κ1) is 16.1. The second-order valence-corrected chi connectivity index (χ2v) is 8.10. The maximum atomic E-state index is 13.1. The molecule has 3 aromatic rings. The summed E-state index contributed by atoms with van der Waals surface area (Å²) in [5.74, 6) is 1.20. The molecule has 0 fully saturated rings. The number of fused-ring (bicyclic) bond motifs is 2. The molecule has 0 saturated heterocycles. The van der Waals surface area contributed by atoms with E-state index in [0.717, 1.165) is 28.6 Å². The van der Waals surface area contributed by atoms with Crippen LogP contribution in [0.25, 0.3) is 10.8 Å². The molecule has 0 amide bonds. The molecule has 2 aromatic carbocycles. The molecule has 6 heteroatoms. The minimum Gasteiger partial charge on any atom is -0.353 e. The van der Waals surface area contributed by atoms with E-state index in [1.54, 1.807) is 0 Å². The fourth-order valence-electron chi connectivity index (χ4n) is 4.14. The molecular formula is C21H20N4O2. The number of nitrogens with zero attached hydrogens (tertiary/aromatic N) is 2. The molecule has 1 atom stereocenters. The van der Waals surface area contributed by atoms with E-state index < -0.39 is 0 Å². The maximum absolute atomic E-state index is 13.1. The van der Waals surface area contributed by atoms with E-state index >= 15 is 0 Å². The van der Waals surface area contributed by atoms with Crippen LogP contribution >= 0.6 is 0 Å². The molecule has 27 heavy (non-hydrogen) atoms. The van der Waals surface area contributed by atoms with E-state index in [9.17, 15) is 4.79 Å². The SMILES string of the molecule is CC1(C)CC(=O)C2=C(C1)Nc1nonc1NC2c1ccc2ccccc2c1. The van der Waals surface area contributed by atoms with Gasteiger partial charge in [-0.05, 0) is 44.6 Å². The topological polar surface area (TPSA) is 80.1 Å². The normalized spacial score (nSPS) is 21.1. The average Bonchev–Trinajstić information content (AvgIpc) is 2.99. The Morgan fingerprint density at radius 2 is 1.81 bits per heavy atom. The van der Waals surface area contributed by atoms with Gasteiger partial charge in [-0.15, -0.1) is 0 Å². The molecule has 6 nitrogen and oxygen atoms in total. The number of benzene rings is 2. The minimum atomic E-state index is -0.297. The standard InChI is InChI=1S/C21H20N4O2/c1-21(2)10-15-17(16(26)11-21)18(23-20-19(22-15)24-27-25-20)14-8-7-12-5-3-4-6-13(12)9-14/h3-9,18H,10-11H2,1-2H3,(H,22,24)(H,23,25). The zero-order valence-corrected chi connectivity index (χ0v) is 15.2. The van der Waals surface area contributed by atoms with Gasteiger partial charge in [-0.1, -0.05) is 50.2 Å². The van der Waals surface area contributed by atoms with Crippen molar-refractivity contribution in [1.82, 2.24) is 10.3 Å². The van der Waals surface area contributed by atoms with Crippen molar-refractivity contribution in [2.24, 2.45) is 5.41 Å². The molecule has 2 N–H and O–H groups in total. The number of Topliss-reactive ketones (excluding diaryl/α,β-unsaturated/α-hetero) is 1. The third-order valence-electron chi connectivity index (χ3n) is 5.35. The highest BCUT2D eigenvalue weighted by atomic mass is 16.6. The van der Waals surface area contributed by atoms with E-state index in [4.69, 9.17) is 4.63 Å². The van der Waals surface area contributed by atoms with E-state index in [-0.39, 0.29) is 17.2 Å². The lowest BCUT2D eigenvalue weighted by Gasteiger charge is -2.34. The molecule has 5 rings (SSSR count). The van der Waals surface area contributed by atoms with Gasteiger partial charge in [0.25, 0.3) is 0 Å². The smallest absolute Gasteiger partial charge is 0.219 e. The summed E-state index contributed by atoms with van der Waals surface area (Å²) < 4.78 is 4.90. The Morgan fingerprint density at radius 1 is 1.04 bits per heavy atom. The molecule has 1 aliphatic carbocycles. The predicted molar refractivity (Wildman–Crippen MR) is 103 cm³/mol. The van der Waals surface area contributed by atoms with Gasteiger partial charge in [0.15, 0.2) is 5.78 Å². The van der Waals surface area contributed by atoms with Crippen molar-refractivity contribution in [3.8, 4) is 0 Å². The van der Waals surface area contributed by atoms with E-state index in [0.29, 0.717) is 18.1 Å². The summed E-state index contributed by atoms with van der Waals surface area (Å²) in [6.45, 7) is 4.23. The number of hydrogen-bond donors (Lipinski definition) is 2. The first-order valence-corrected chi connectivity index (χ1v) is 9.11. The second kappa shape index (κ2) is 5.67. The van der Waals surface area contributed by atoms with Crippen LogP contribution in [0.4, 0.5) is 11.6 Å². The number of nitrogens with one attached hydrogen (secondary N) is 2. The van der Waals surface area contributed by atoms with Crippen LogP contribution in [0.15, 0.2) is 58.4 Å². The number of allylic oxidation sites excluding steroid dienone is 1. The summed E-state index contributed by atoms with van der Waals surface area (Å²) in [6.07, 6.45) is 1.29. The Kier molecular flexibility index (Phi) is 3.37. The number of carbonyl (C=O) groups is 1. The minimum absolute atomic E-state index is 0.0987. The van der Waals surface area contributed by atoms with Gasteiger partial charge in [-0.3, -0.25) is 4.79 Å². The summed E-state index contributed by atoms with van der Waals surface area (Å²) in [6, 6.07) is 14.2. The van der Waals surface area contributed by atoms with Crippen LogP contribution < -0.4 is 10.6 Å². The van der Waals surface area contributed by atoms with E-state index in [1.807, 2.05) is 12.1 Å². The second-order valence-electron chi connectivity index (χ2n) is 8.10. The number of hydrogen-bond acceptors (Lipinski definition) is 6. The number of ketones is 1. The van der Waals surface area contributed by atoms with Gasteiger partial charge in [0.2, 0.25) is 11.6 Å². The largest absolute Gasteiger partial charge is 0.353 e. The molecule has 2 aliphatic rings. The lowest BCUT2D eigenvalue weighted by molar-refractivity contribution is -0.118. The lowest BCUT2D eigenvalue weighted by atomic mass is 9.73. The Hall–Kier alpha value is -3.15. The fourth-order valence-corrected chi connectivity index (χ4v) is 4.14. The molecule has 1 aliphatic heterocycles. The summed E-state index contributed by atoms with van der Waals surface area (Å²) in [5.41, 5.74) is 2.59. The summed E-state index contributed by atoms with van der Waals surface area (Å²) in [5, 5.41) is 16.9. The van der Waals surface area contributed by atoms with Crippen LogP contribution in [0.3, 0.4) is 0 Å². The predicted octanol–water partition coefficient (Wildman–Crippen LogP) is 4.44. The van der Waals surface area contributed by atoms with Crippen molar-refractivity contribution in [2.45, 2.75) is 32.7 Å². The van der Waals surface area contributed by atoms with Crippen LogP contribution in [-0.4, -0.2) is 16.1 Å². The van der Waals surface area contributed by atoms with E-state index in [1.165, 1.54) is 5.39 Å². The Balaban J connectivity index is 1.69. The highest BCUT2D eigenvalue weighted by Gasteiger charge is 2.39. The van der Waals surface area contributed by atoms with Crippen molar-refractivity contribution in [3.63, 3.8) is 0 Å². The average molecular weight is 360 g/mol. The molecular weight excluding hydrogens is 340 g/mol. The summed E-state index contributed by atoms with van der Waals surface area (Å²) >= 11 is 0. The molecule has 0 bridgehead atoms. The monoisotopic (exact) mass is 360 g/mol. The zero-order chi connectivity index (χ0) is 18.6. The van der Waals surface area contributed by atoms with Crippen LogP contribution in [-0.2, 0) is 4.79 Å². The zero-order valence-electron chi connectivity index (χ0n) is 15.2. The van der Waals surface area contributed by atoms with Crippen molar-refractivity contribution >= 4 is 28.2 Å². The highest BCUT2D eigenvalue weighted by Crippen LogP contribution is 2.44. The van der Waals surface area contributed by atoms with Gasteiger partial charge in [-0.2, -0.15) is 0 Å². The number of anilines is 2. The van der Waals surface area contributed by atoms with Crippen molar-refractivity contribution in [2.75, 3.05) is 10.6 Å². The molecule has 1 aromatic heterocycles. The molecule has 1 unspecified atom stereocenters. The van der Waals surface area contributed by atoms with Gasteiger partial charge in [0.1, 0.15) is 0 Å². The molecule has 136 valence electrons. The van der Waals surface area contributed by atoms with Crippen molar-refractivity contribution in [3.05, 3.63) is 59.3 Å². The number of rotatable bonds is 1. The number of aromatic nitrogens is 2. The maximum Gasteiger partial charge on any atom is 0.219 e. The lowest BCUT2D eigenvalue weighted by Crippen LogP contribution is -2.31. The summed E-state index contributed by atoms with van der Waals surface area (Å²) in [7, 11) is 0. The first-order chi connectivity index (χ1) is 13.0. The van der Waals surface area contributed by atoms with Crippen LogP contribution in [0.5, 0.6) is 0 Å². The fraction of sp³-hybridized carbons (Fsp3) is 0.286. The molecule has 0 saturated carbocycles. The van der Waals surface area contributed by atoms with Gasteiger partial charge >= 0.3 is 0 Å². The quantitative estimate of drug-likeness (QED) is 0.668. The van der Waals surface area contributed by atoms with Crippen LogP contribution in [0.2, 0.25) is 0 Å². The van der Waals surface area contributed by atoms with Crippen LogP contribution in [0.1, 0.15) is 38.3 Å². The molecule has 0 radical (unpaired) electrons.